The number of hydrogen-bond donors (Lipinski definition) is 0. The molecule has 0 aromatic heterocycles. The molecule has 0 N–H and O–H groups in total. The largest absolute Gasteiger partial charge is 0.457 e. The highest BCUT2D eigenvalue weighted by atomic mass is 16.5. The van der Waals surface area contributed by atoms with Gasteiger partial charge < -0.3 is 9.64 Å². The van der Waals surface area contributed by atoms with Gasteiger partial charge in [-0.25, -0.2) is 4.79 Å². The third-order valence-electron chi connectivity index (χ3n) is 3.55. The van der Waals surface area contributed by atoms with Gasteiger partial charge in [0.2, 0.25) is 0 Å². The van der Waals surface area contributed by atoms with E-state index in [1.54, 1.807) is 0 Å². The summed E-state index contributed by atoms with van der Waals surface area (Å²) in [5.74, 6) is -0.616. The van der Waals surface area contributed by atoms with Gasteiger partial charge in [0.05, 0.1) is 0 Å². The number of benzene rings is 2. The van der Waals surface area contributed by atoms with E-state index < -0.39 is 5.97 Å². The summed E-state index contributed by atoms with van der Waals surface area (Å²) in [6.45, 7) is 2.14. The van der Waals surface area contributed by atoms with Crippen LogP contribution in [0.15, 0.2) is 54.1 Å². The van der Waals surface area contributed by atoms with Gasteiger partial charge in [-0.1, -0.05) is 42.0 Å². The maximum Gasteiger partial charge on any atom is 0.349 e. The van der Waals surface area contributed by atoms with Crippen LogP contribution in [0.4, 0.5) is 5.69 Å². The maximum absolute atomic E-state index is 12.1. The minimum Gasteiger partial charge on any atom is -0.457 e. The van der Waals surface area contributed by atoms with E-state index in [1.165, 1.54) is 6.08 Å². The van der Waals surface area contributed by atoms with Crippen molar-refractivity contribution in [2.75, 3.05) is 19.0 Å². The quantitative estimate of drug-likeness (QED) is 0.479. The Morgan fingerprint density at radius 2 is 1.75 bits per heavy atom. The monoisotopic (exact) mass is 320 g/mol. The molecular weight excluding hydrogens is 300 g/mol. The van der Waals surface area contributed by atoms with Gasteiger partial charge in [-0.15, -0.1) is 0 Å². The molecule has 122 valence electrons. The molecule has 0 radical (unpaired) electrons. The fourth-order valence-corrected chi connectivity index (χ4v) is 2.08. The van der Waals surface area contributed by atoms with E-state index in [9.17, 15) is 10.1 Å². The van der Waals surface area contributed by atoms with E-state index in [-0.39, 0.29) is 12.2 Å². The van der Waals surface area contributed by atoms with Gasteiger partial charge >= 0.3 is 5.97 Å². The molecule has 0 saturated heterocycles. The molecular formula is C20H20N2O2. The smallest absolute Gasteiger partial charge is 0.349 e. The normalized spacial score (nSPS) is 10.8. The summed E-state index contributed by atoms with van der Waals surface area (Å²) in [7, 11) is 3.90. The van der Waals surface area contributed by atoms with Crippen molar-refractivity contribution in [3.8, 4) is 6.07 Å². The Morgan fingerprint density at radius 3 is 2.29 bits per heavy atom. The zero-order valence-electron chi connectivity index (χ0n) is 14.1. The SMILES string of the molecule is Cc1ccc(COC(=O)/C(C#N)=C/c2ccc(N(C)C)cc2)cc1. The third kappa shape index (κ3) is 4.72. The van der Waals surface area contributed by atoms with Crippen LogP contribution in [0.1, 0.15) is 16.7 Å². The summed E-state index contributed by atoms with van der Waals surface area (Å²) in [5.41, 5.74) is 3.85. The minimum absolute atomic E-state index is 0.0142. The number of hydrogen-bond acceptors (Lipinski definition) is 4. The average molecular weight is 320 g/mol. The van der Waals surface area contributed by atoms with Gasteiger partial charge in [0.25, 0.3) is 0 Å². The summed E-state index contributed by atoms with van der Waals surface area (Å²) >= 11 is 0. The lowest BCUT2D eigenvalue weighted by Gasteiger charge is -2.11. The van der Waals surface area contributed by atoms with Gasteiger partial charge in [0, 0.05) is 19.8 Å². The number of nitriles is 1. The molecule has 0 atom stereocenters. The number of nitrogens with zero attached hydrogens (tertiary/aromatic N) is 2. The molecule has 0 aliphatic heterocycles. The van der Waals surface area contributed by atoms with E-state index >= 15 is 0 Å². The zero-order valence-corrected chi connectivity index (χ0v) is 14.1. The summed E-state index contributed by atoms with van der Waals surface area (Å²) in [6, 6.07) is 17.2. The van der Waals surface area contributed by atoms with Crippen molar-refractivity contribution in [2.24, 2.45) is 0 Å². The number of carbonyl (C=O) groups excluding carboxylic acids is 1. The molecule has 24 heavy (non-hydrogen) atoms. The number of esters is 1. The van der Waals surface area contributed by atoms with Gasteiger partial charge in [-0.05, 0) is 36.3 Å². The van der Waals surface area contributed by atoms with E-state index in [1.807, 2.05) is 80.5 Å². The fourth-order valence-electron chi connectivity index (χ4n) is 2.08. The molecule has 0 unspecified atom stereocenters. The molecule has 0 amide bonds. The minimum atomic E-state index is -0.616. The third-order valence-corrected chi connectivity index (χ3v) is 3.55. The highest BCUT2D eigenvalue weighted by Crippen LogP contribution is 2.15. The number of anilines is 1. The van der Waals surface area contributed by atoms with Gasteiger partial charge in [-0.2, -0.15) is 5.26 Å². The van der Waals surface area contributed by atoms with Crippen LogP contribution in [0.3, 0.4) is 0 Å². The van der Waals surface area contributed by atoms with Crippen LogP contribution in [0.25, 0.3) is 6.08 Å². The summed E-state index contributed by atoms with van der Waals surface area (Å²) in [6.07, 6.45) is 1.54. The first kappa shape index (κ1) is 17.3. The Morgan fingerprint density at radius 1 is 1.12 bits per heavy atom. The van der Waals surface area contributed by atoms with E-state index in [0.717, 1.165) is 22.4 Å². The van der Waals surface area contributed by atoms with Crippen LogP contribution >= 0.6 is 0 Å². The summed E-state index contributed by atoms with van der Waals surface area (Å²) in [4.78, 5) is 14.1. The molecule has 2 rings (SSSR count). The van der Waals surface area contributed by atoms with Crippen molar-refractivity contribution in [1.29, 1.82) is 5.26 Å². The molecule has 0 aliphatic rings. The maximum atomic E-state index is 12.1. The number of aryl methyl sites for hydroxylation is 1. The molecule has 0 bridgehead atoms. The van der Waals surface area contributed by atoms with Gasteiger partial charge in [0.1, 0.15) is 18.2 Å². The first-order valence-corrected chi connectivity index (χ1v) is 7.61. The number of ether oxygens (including phenoxy) is 1. The predicted octanol–water partition coefficient (Wildman–Crippen LogP) is 3.71. The Bertz CT molecular complexity index is 767. The molecule has 2 aromatic carbocycles. The second-order valence-corrected chi connectivity index (χ2v) is 5.72. The van der Waals surface area contributed by atoms with Crippen LogP contribution in [0.5, 0.6) is 0 Å². The Kier molecular flexibility index (Phi) is 5.75. The molecule has 4 heteroatoms. The van der Waals surface area contributed by atoms with Crippen molar-refractivity contribution >= 4 is 17.7 Å². The standard InChI is InChI=1S/C20H20N2O2/c1-15-4-6-17(7-5-15)14-24-20(23)18(13-21)12-16-8-10-19(11-9-16)22(2)3/h4-12H,14H2,1-3H3/b18-12+. The van der Waals surface area contributed by atoms with Crippen molar-refractivity contribution in [3.05, 3.63) is 70.8 Å². The summed E-state index contributed by atoms with van der Waals surface area (Å²) in [5, 5.41) is 9.21. The molecule has 4 nitrogen and oxygen atoms in total. The molecule has 0 heterocycles. The average Bonchev–Trinajstić information content (AvgIpc) is 2.59. The molecule has 0 fully saturated rings. The number of carbonyl (C=O) groups is 1. The van der Waals surface area contributed by atoms with Crippen LogP contribution in [-0.4, -0.2) is 20.1 Å². The predicted molar refractivity (Wildman–Crippen MR) is 95.3 cm³/mol. The Balaban J connectivity index is 2.05. The first-order chi connectivity index (χ1) is 11.5. The Hall–Kier alpha value is -3.06. The Labute approximate surface area is 142 Å². The molecule has 0 spiro atoms. The van der Waals surface area contributed by atoms with Crippen LogP contribution in [0.2, 0.25) is 0 Å². The van der Waals surface area contributed by atoms with E-state index in [2.05, 4.69) is 0 Å². The lowest BCUT2D eigenvalue weighted by atomic mass is 10.1. The molecule has 0 aliphatic carbocycles. The van der Waals surface area contributed by atoms with Crippen molar-refractivity contribution in [1.82, 2.24) is 0 Å². The highest BCUT2D eigenvalue weighted by Gasteiger charge is 2.11. The second-order valence-electron chi connectivity index (χ2n) is 5.72. The van der Waals surface area contributed by atoms with Gasteiger partial charge in [-0.3, -0.25) is 0 Å². The topological polar surface area (TPSA) is 53.3 Å². The van der Waals surface area contributed by atoms with Crippen LogP contribution < -0.4 is 4.90 Å². The zero-order chi connectivity index (χ0) is 17.5. The summed E-state index contributed by atoms with van der Waals surface area (Å²) < 4.78 is 5.22. The van der Waals surface area contributed by atoms with Gasteiger partial charge in [0.15, 0.2) is 0 Å². The highest BCUT2D eigenvalue weighted by molar-refractivity contribution is 5.97. The second kappa shape index (κ2) is 7.98. The molecule has 2 aromatic rings. The van der Waals surface area contributed by atoms with Crippen molar-refractivity contribution in [2.45, 2.75) is 13.5 Å². The van der Waals surface area contributed by atoms with Crippen molar-refractivity contribution in [3.63, 3.8) is 0 Å². The van der Waals surface area contributed by atoms with Crippen LogP contribution in [-0.2, 0) is 16.1 Å². The van der Waals surface area contributed by atoms with E-state index in [4.69, 9.17) is 4.74 Å². The van der Waals surface area contributed by atoms with Crippen LogP contribution in [0, 0.1) is 18.3 Å². The first-order valence-electron chi connectivity index (χ1n) is 7.61. The fraction of sp³-hybridized carbons (Fsp3) is 0.200. The number of rotatable bonds is 5. The van der Waals surface area contributed by atoms with E-state index in [0.29, 0.717) is 0 Å². The van der Waals surface area contributed by atoms with Crippen molar-refractivity contribution < 1.29 is 9.53 Å². The molecule has 0 saturated carbocycles. The lowest BCUT2D eigenvalue weighted by molar-refractivity contribution is -0.139. The lowest BCUT2D eigenvalue weighted by Crippen LogP contribution is -2.08.